The lowest BCUT2D eigenvalue weighted by molar-refractivity contribution is -0.148. The van der Waals surface area contributed by atoms with Crippen LogP contribution < -0.4 is 5.32 Å². The van der Waals surface area contributed by atoms with Crippen molar-refractivity contribution in [1.29, 1.82) is 0 Å². The first-order chi connectivity index (χ1) is 10.2. The molecule has 2 heterocycles. The highest BCUT2D eigenvalue weighted by atomic mass is 16.5. The van der Waals surface area contributed by atoms with Gasteiger partial charge >= 0.3 is 5.97 Å². The molecule has 120 valence electrons. The quantitative estimate of drug-likeness (QED) is 0.888. The summed E-state index contributed by atoms with van der Waals surface area (Å²) in [6, 6.07) is 3.48. The number of ether oxygens (including phenoxy) is 1. The van der Waals surface area contributed by atoms with Crippen LogP contribution in [0.15, 0.2) is 18.3 Å². The van der Waals surface area contributed by atoms with Gasteiger partial charge in [-0.15, -0.1) is 0 Å². The lowest BCUT2D eigenvalue weighted by Crippen LogP contribution is -2.57. The molecule has 0 atom stereocenters. The Hall–Kier alpha value is -1.95. The van der Waals surface area contributed by atoms with Crippen molar-refractivity contribution in [2.45, 2.75) is 44.6 Å². The number of carbonyl (C=O) groups is 2. The predicted molar refractivity (Wildman–Crippen MR) is 80.8 cm³/mol. The number of aromatic nitrogens is 1. The van der Waals surface area contributed by atoms with Crippen LogP contribution in [0.25, 0.3) is 0 Å². The fourth-order valence-corrected chi connectivity index (χ4v) is 2.37. The summed E-state index contributed by atoms with van der Waals surface area (Å²) in [5.74, 6) is -1.50. The minimum absolute atomic E-state index is 0.0506. The molecule has 0 aromatic carbocycles. The second kappa shape index (κ2) is 6.04. The monoisotopic (exact) mass is 306 g/mol. The van der Waals surface area contributed by atoms with Crippen molar-refractivity contribution in [2.75, 3.05) is 13.2 Å². The van der Waals surface area contributed by atoms with E-state index in [1.165, 1.54) is 0 Å². The summed E-state index contributed by atoms with van der Waals surface area (Å²) in [4.78, 5) is 28.0. The van der Waals surface area contributed by atoms with Crippen LogP contribution in [0.2, 0.25) is 0 Å². The number of rotatable bonds is 3. The topological polar surface area (TPSA) is 88.5 Å². The zero-order valence-electron chi connectivity index (χ0n) is 13.2. The Bertz CT molecular complexity index is 555. The molecule has 1 aromatic rings. The van der Waals surface area contributed by atoms with Crippen LogP contribution >= 0.6 is 0 Å². The van der Waals surface area contributed by atoms with Crippen LogP contribution in [-0.4, -0.2) is 40.7 Å². The van der Waals surface area contributed by atoms with Gasteiger partial charge in [-0.2, -0.15) is 0 Å². The third kappa shape index (κ3) is 3.44. The Kier molecular flexibility index (Phi) is 4.51. The Morgan fingerprint density at radius 3 is 2.36 bits per heavy atom. The molecule has 6 heteroatoms. The van der Waals surface area contributed by atoms with Crippen molar-refractivity contribution in [1.82, 2.24) is 10.3 Å². The van der Waals surface area contributed by atoms with E-state index in [2.05, 4.69) is 31.1 Å². The van der Waals surface area contributed by atoms with Gasteiger partial charge in [-0.1, -0.05) is 26.8 Å². The number of nitrogens with zero attached hydrogens (tertiary/aromatic N) is 1. The Balaban J connectivity index is 2.15. The van der Waals surface area contributed by atoms with E-state index in [-0.39, 0.29) is 24.0 Å². The highest BCUT2D eigenvalue weighted by Crippen LogP contribution is 2.23. The molecule has 1 saturated heterocycles. The summed E-state index contributed by atoms with van der Waals surface area (Å²) >= 11 is 0. The van der Waals surface area contributed by atoms with Gasteiger partial charge < -0.3 is 15.2 Å². The molecule has 2 rings (SSSR count). The van der Waals surface area contributed by atoms with E-state index in [1.54, 1.807) is 12.3 Å². The number of carboxylic acids is 1. The summed E-state index contributed by atoms with van der Waals surface area (Å²) in [5, 5.41) is 12.1. The van der Waals surface area contributed by atoms with Gasteiger partial charge in [0.1, 0.15) is 11.2 Å². The standard InChI is InChI=1S/C16H22N2O4/c1-15(2,3)11-4-5-12(17-10-11)13(19)18-16(14(20)21)6-8-22-9-7-16/h4-5,10H,6-9H2,1-3H3,(H,18,19)(H,20,21). The number of carbonyl (C=O) groups excluding carboxylic acids is 1. The van der Waals surface area contributed by atoms with Crippen LogP contribution in [0.1, 0.15) is 49.7 Å². The van der Waals surface area contributed by atoms with Crippen LogP contribution in [0.5, 0.6) is 0 Å². The SMILES string of the molecule is CC(C)(C)c1ccc(C(=O)NC2(C(=O)O)CCOCC2)nc1. The van der Waals surface area contributed by atoms with Crippen molar-refractivity contribution in [2.24, 2.45) is 0 Å². The molecule has 1 fully saturated rings. The van der Waals surface area contributed by atoms with Gasteiger partial charge in [-0.25, -0.2) is 4.79 Å². The number of carboxylic acid groups (broad SMARTS) is 1. The first-order valence-electron chi connectivity index (χ1n) is 7.35. The Labute approximate surface area is 129 Å². The first-order valence-corrected chi connectivity index (χ1v) is 7.35. The zero-order chi connectivity index (χ0) is 16.4. The van der Waals surface area contributed by atoms with E-state index in [1.807, 2.05) is 6.07 Å². The summed E-state index contributed by atoms with van der Waals surface area (Å²) in [7, 11) is 0. The molecule has 1 amide bonds. The van der Waals surface area contributed by atoms with Crippen molar-refractivity contribution >= 4 is 11.9 Å². The molecule has 1 aromatic heterocycles. The molecule has 6 nitrogen and oxygen atoms in total. The van der Waals surface area contributed by atoms with Crippen molar-refractivity contribution in [3.05, 3.63) is 29.6 Å². The van der Waals surface area contributed by atoms with Gasteiger partial charge in [0.05, 0.1) is 0 Å². The van der Waals surface area contributed by atoms with Crippen molar-refractivity contribution in [3.8, 4) is 0 Å². The average molecular weight is 306 g/mol. The second-order valence-corrected chi connectivity index (χ2v) is 6.64. The molecule has 0 unspecified atom stereocenters. The van der Waals surface area contributed by atoms with E-state index < -0.39 is 17.4 Å². The van der Waals surface area contributed by atoms with Crippen LogP contribution in [0.4, 0.5) is 0 Å². The van der Waals surface area contributed by atoms with Gasteiger partial charge in [0.15, 0.2) is 0 Å². The van der Waals surface area contributed by atoms with Gasteiger partial charge in [0.25, 0.3) is 5.91 Å². The Morgan fingerprint density at radius 1 is 1.27 bits per heavy atom. The number of nitrogens with one attached hydrogen (secondary N) is 1. The maximum absolute atomic E-state index is 12.3. The molecule has 0 saturated carbocycles. The molecular formula is C16H22N2O4. The number of amides is 1. The highest BCUT2D eigenvalue weighted by Gasteiger charge is 2.41. The minimum atomic E-state index is -1.26. The maximum Gasteiger partial charge on any atom is 0.329 e. The largest absolute Gasteiger partial charge is 0.480 e. The normalized spacial score (nSPS) is 17.8. The summed E-state index contributed by atoms with van der Waals surface area (Å²) in [6.07, 6.45) is 2.18. The number of hydrogen-bond acceptors (Lipinski definition) is 4. The van der Waals surface area contributed by atoms with Gasteiger partial charge in [0.2, 0.25) is 0 Å². The van der Waals surface area contributed by atoms with E-state index in [0.717, 1.165) is 5.56 Å². The van der Waals surface area contributed by atoms with E-state index in [0.29, 0.717) is 13.2 Å². The van der Waals surface area contributed by atoms with E-state index in [4.69, 9.17) is 4.74 Å². The predicted octanol–water partition coefficient (Wildman–Crippen LogP) is 1.74. The molecule has 1 aliphatic heterocycles. The maximum atomic E-state index is 12.3. The van der Waals surface area contributed by atoms with Crippen LogP contribution in [-0.2, 0) is 14.9 Å². The van der Waals surface area contributed by atoms with Crippen molar-refractivity contribution < 1.29 is 19.4 Å². The molecule has 0 bridgehead atoms. The zero-order valence-corrected chi connectivity index (χ0v) is 13.2. The minimum Gasteiger partial charge on any atom is -0.480 e. The summed E-state index contributed by atoms with van der Waals surface area (Å²) < 4.78 is 5.19. The molecule has 22 heavy (non-hydrogen) atoms. The smallest absolute Gasteiger partial charge is 0.329 e. The first kappa shape index (κ1) is 16.4. The lowest BCUT2D eigenvalue weighted by Gasteiger charge is -2.33. The van der Waals surface area contributed by atoms with Gasteiger partial charge in [-0.05, 0) is 17.0 Å². The molecule has 2 N–H and O–H groups in total. The summed E-state index contributed by atoms with van der Waals surface area (Å²) in [6.45, 7) is 6.83. The number of pyridine rings is 1. The fraction of sp³-hybridized carbons (Fsp3) is 0.562. The lowest BCUT2D eigenvalue weighted by atomic mass is 9.88. The molecule has 0 spiro atoms. The highest BCUT2D eigenvalue weighted by molar-refractivity contribution is 5.96. The Morgan fingerprint density at radius 2 is 1.91 bits per heavy atom. The van der Waals surface area contributed by atoms with Crippen molar-refractivity contribution in [3.63, 3.8) is 0 Å². The third-order valence-corrected chi connectivity index (χ3v) is 3.97. The van der Waals surface area contributed by atoms with E-state index in [9.17, 15) is 14.7 Å². The number of aliphatic carboxylic acids is 1. The average Bonchev–Trinajstić information content (AvgIpc) is 2.47. The second-order valence-electron chi connectivity index (χ2n) is 6.64. The van der Waals surface area contributed by atoms with Crippen LogP contribution in [0.3, 0.4) is 0 Å². The molecule has 1 aliphatic rings. The molecular weight excluding hydrogens is 284 g/mol. The summed E-state index contributed by atoms with van der Waals surface area (Å²) in [5.41, 5.74) is -0.0757. The van der Waals surface area contributed by atoms with Gasteiger partial charge in [0, 0.05) is 32.3 Å². The molecule has 0 aliphatic carbocycles. The molecule has 0 radical (unpaired) electrons. The third-order valence-electron chi connectivity index (χ3n) is 3.97. The van der Waals surface area contributed by atoms with Crippen LogP contribution in [0, 0.1) is 0 Å². The van der Waals surface area contributed by atoms with E-state index >= 15 is 0 Å². The number of hydrogen-bond donors (Lipinski definition) is 2. The fourth-order valence-electron chi connectivity index (χ4n) is 2.37. The van der Waals surface area contributed by atoms with Gasteiger partial charge in [-0.3, -0.25) is 9.78 Å².